The Morgan fingerprint density at radius 3 is 2.82 bits per heavy atom. The van der Waals surface area contributed by atoms with E-state index in [9.17, 15) is 22.3 Å². The number of benzene rings is 1. The third-order valence-electron chi connectivity index (χ3n) is 3.75. The monoisotopic (exact) mass is 463 g/mol. The fourth-order valence-corrected chi connectivity index (χ4v) is 8.39. The summed E-state index contributed by atoms with van der Waals surface area (Å²) in [5.41, 5.74) is 5.33. The van der Waals surface area contributed by atoms with E-state index in [2.05, 4.69) is 4.72 Å². The molecule has 3 rings (SSSR count). The quantitative estimate of drug-likeness (QED) is 0.531. The summed E-state index contributed by atoms with van der Waals surface area (Å²) in [6, 6.07) is 6.49. The number of rotatable bonds is 7. The van der Waals surface area contributed by atoms with Crippen LogP contribution in [-0.2, 0) is 27.6 Å². The summed E-state index contributed by atoms with van der Waals surface area (Å²) >= 11 is 2.60. The van der Waals surface area contributed by atoms with Crippen molar-refractivity contribution in [3.63, 3.8) is 0 Å². The lowest BCUT2D eigenvalue weighted by Crippen LogP contribution is -2.33. The average molecular weight is 463 g/mol. The Kier molecular flexibility index (Phi) is 6.17. The van der Waals surface area contributed by atoms with Crippen LogP contribution in [0.5, 0.6) is 5.75 Å². The molecule has 0 bridgehead atoms. The zero-order chi connectivity index (χ0) is 20.5. The van der Waals surface area contributed by atoms with Crippen molar-refractivity contribution >= 4 is 40.7 Å². The average Bonchev–Trinajstić information content (AvgIpc) is 3.19. The molecule has 2 unspecified atom stereocenters. The van der Waals surface area contributed by atoms with Gasteiger partial charge in [-0.15, -0.1) is 23.1 Å². The van der Waals surface area contributed by atoms with Crippen molar-refractivity contribution in [2.75, 3.05) is 6.29 Å². The molecular weight excluding hydrogens is 448 g/mol. The van der Waals surface area contributed by atoms with Crippen LogP contribution in [0.15, 0.2) is 29.2 Å². The minimum absolute atomic E-state index is 0.246. The summed E-state index contributed by atoms with van der Waals surface area (Å²) in [7, 11) is -8.33. The highest BCUT2D eigenvalue weighted by Crippen LogP contribution is 2.45. The van der Waals surface area contributed by atoms with Gasteiger partial charge in [-0.05, 0) is 18.2 Å². The van der Waals surface area contributed by atoms with E-state index in [1.54, 1.807) is 6.07 Å². The van der Waals surface area contributed by atoms with Crippen molar-refractivity contribution in [3.8, 4) is 11.8 Å². The van der Waals surface area contributed by atoms with E-state index in [1.165, 1.54) is 11.3 Å². The fraction of sp³-hybridized carbons (Fsp3) is 0.267. The number of halogens is 1. The molecule has 0 saturated carbocycles. The first kappa shape index (κ1) is 21.3. The predicted octanol–water partition coefficient (Wildman–Crippen LogP) is 2.33. The van der Waals surface area contributed by atoms with Crippen molar-refractivity contribution in [3.05, 3.63) is 45.4 Å². The molecule has 8 nitrogen and oxygen atoms in total. The van der Waals surface area contributed by atoms with Crippen molar-refractivity contribution in [2.45, 2.75) is 22.4 Å². The molecular formula is C15H15FN3O5PS3. The molecule has 4 N–H and O–H groups in total. The summed E-state index contributed by atoms with van der Waals surface area (Å²) in [6.45, 7) is 0.384. The van der Waals surface area contributed by atoms with Crippen LogP contribution in [0.25, 0.3) is 0 Å². The van der Waals surface area contributed by atoms with E-state index in [1.807, 2.05) is 6.07 Å². The van der Waals surface area contributed by atoms with Crippen LogP contribution in [0.1, 0.15) is 15.3 Å². The summed E-state index contributed by atoms with van der Waals surface area (Å²) < 4.78 is 56.7. The Morgan fingerprint density at radius 1 is 1.46 bits per heavy atom. The molecule has 13 heteroatoms. The van der Waals surface area contributed by atoms with E-state index < -0.39 is 34.3 Å². The number of hydrogen-bond acceptors (Lipinski definition) is 8. The van der Waals surface area contributed by atoms with Gasteiger partial charge in [0.15, 0.2) is 0 Å². The maximum atomic E-state index is 13.6. The van der Waals surface area contributed by atoms with Crippen LogP contribution in [0.2, 0.25) is 0 Å². The lowest BCUT2D eigenvalue weighted by atomic mass is 10.2. The van der Waals surface area contributed by atoms with Crippen molar-refractivity contribution < 1.29 is 26.8 Å². The van der Waals surface area contributed by atoms with Crippen LogP contribution in [0, 0.1) is 17.1 Å². The fourth-order valence-electron chi connectivity index (χ4n) is 2.42. The van der Waals surface area contributed by atoms with Crippen molar-refractivity contribution in [2.24, 2.45) is 5.73 Å². The smallest absolute Gasteiger partial charge is 0.391 e. The van der Waals surface area contributed by atoms with E-state index in [0.717, 1.165) is 44.6 Å². The van der Waals surface area contributed by atoms with Crippen molar-refractivity contribution in [1.29, 1.82) is 5.26 Å². The van der Waals surface area contributed by atoms with Crippen LogP contribution in [-0.4, -0.2) is 24.2 Å². The molecule has 0 spiro atoms. The number of sulfonamides is 1. The second-order valence-electron chi connectivity index (χ2n) is 5.79. The third-order valence-corrected chi connectivity index (χ3v) is 9.83. The van der Waals surface area contributed by atoms with Crippen molar-refractivity contribution in [1.82, 2.24) is 4.72 Å². The molecule has 1 aromatic carbocycles. The molecule has 150 valence electrons. The molecule has 2 heterocycles. The topological polar surface area (TPSA) is 143 Å². The maximum Gasteiger partial charge on any atom is 0.391 e. The molecule has 2 atom stereocenters. The first-order valence-corrected chi connectivity index (χ1v) is 12.8. The first-order chi connectivity index (χ1) is 13.1. The van der Waals surface area contributed by atoms with Crippen LogP contribution in [0.3, 0.4) is 0 Å². The van der Waals surface area contributed by atoms with E-state index in [-0.39, 0.29) is 17.7 Å². The van der Waals surface area contributed by atoms with Crippen LogP contribution < -0.4 is 15.0 Å². The maximum absolute atomic E-state index is 13.6. The lowest BCUT2D eigenvalue weighted by Gasteiger charge is -2.16. The van der Waals surface area contributed by atoms with Gasteiger partial charge in [0.05, 0.1) is 5.56 Å². The number of thioether (sulfide) groups is 1. The Balaban J connectivity index is 1.62. The number of nitrogens with one attached hydrogen (secondary N) is 1. The van der Waals surface area contributed by atoms with Gasteiger partial charge in [-0.1, -0.05) is 0 Å². The normalized spacial score (nSPS) is 18.3. The van der Waals surface area contributed by atoms with E-state index >= 15 is 0 Å². The van der Waals surface area contributed by atoms with Gasteiger partial charge in [0.2, 0.25) is 10.0 Å². The molecule has 1 aromatic heterocycles. The second-order valence-corrected chi connectivity index (χ2v) is 12.3. The van der Waals surface area contributed by atoms with Gasteiger partial charge in [0.1, 0.15) is 28.5 Å². The third kappa shape index (κ3) is 4.75. The largest absolute Gasteiger partial charge is 0.424 e. The van der Waals surface area contributed by atoms with E-state index in [4.69, 9.17) is 15.5 Å². The lowest BCUT2D eigenvalue weighted by molar-refractivity contribution is 0.377. The Labute approximate surface area is 169 Å². The van der Waals surface area contributed by atoms with Crippen LogP contribution in [0.4, 0.5) is 4.39 Å². The minimum Gasteiger partial charge on any atom is -0.424 e. The highest BCUT2D eigenvalue weighted by atomic mass is 32.3. The van der Waals surface area contributed by atoms with Gasteiger partial charge < -0.3 is 15.2 Å². The second kappa shape index (κ2) is 8.12. The zero-order valence-electron chi connectivity index (χ0n) is 14.2. The molecule has 0 saturated heterocycles. The minimum atomic E-state index is -4.43. The molecule has 1 aliphatic heterocycles. The number of nitrogens with zero attached hydrogens (tertiary/aromatic N) is 1. The molecule has 0 aliphatic carbocycles. The number of thiophene rings is 1. The van der Waals surface area contributed by atoms with Gasteiger partial charge in [0, 0.05) is 33.7 Å². The van der Waals surface area contributed by atoms with Crippen LogP contribution >= 0.6 is 30.7 Å². The van der Waals surface area contributed by atoms with Gasteiger partial charge in [-0.3, -0.25) is 0 Å². The predicted molar refractivity (Wildman–Crippen MR) is 104 cm³/mol. The summed E-state index contributed by atoms with van der Waals surface area (Å²) in [5, 5.41) is 8.68. The molecule has 1 aliphatic rings. The SMILES string of the molecule is N#Cc1ccc(OP(=O)(O)CNS(=O)(=O)C2Cc3sc(CN)cc3S2)cc1F. The summed E-state index contributed by atoms with van der Waals surface area (Å²) in [6.07, 6.45) is -0.590. The van der Waals surface area contributed by atoms with Gasteiger partial charge in [0.25, 0.3) is 0 Å². The highest BCUT2D eigenvalue weighted by Gasteiger charge is 2.36. The Hall–Kier alpha value is -1.45. The molecule has 0 amide bonds. The van der Waals surface area contributed by atoms with Gasteiger partial charge in [-0.25, -0.2) is 22.1 Å². The highest BCUT2D eigenvalue weighted by molar-refractivity contribution is 8.13. The number of nitriles is 1. The molecule has 2 aromatic rings. The number of nitrogens with two attached hydrogens (primary N) is 1. The first-order valence-electron chi connectivity index (χ1n) is 7.81. The standard InChI is InChI=1S/C15H15FN3O5PS3/c16-12-3-10(2-1-9(12)6-17)24-25(20,21)8-19-28(22,23)15-5-14-13(27-15)4-11(7-18)26-14/h1-4,15,19H,5,7-8,18H2,(H,20,21). The van der Waals surface area contributed by atoms with Gasteiger partial charge >= 0.3 is 7.60 Å². The van der Waals surface area contributed by atoms with Gasteiger partial charge in [-0.2, -0.15) is 5.26 Å². The molecule has 0 fully saturated rings. The molecule has 28 heavy (non-hydrogen) atoms. The Bertz CT molecular complexity index is 1080. The number of hydrogen-bond donors (Lipinski definition) is 3. The number of fused-ring (bicyclic) bond motifs is 1. The Morgan fingerprint density at radius 2 is 2.21 bits per heavy atom. The van der Waals surface area contributed by atoms with E-state index in [0.29, 0.717) is 6.54 Å². The summed E-state index contributed by atoms with van der Waals surface area (Å²) in [5.74, 6) is -1.20. The summed E-state index contributed by atoms with van der Waals surface area (Å²) in [4.78, 5) is 12.6. The molecule has 0 radical (unpaired) electrons. The zero-order valence-corrected chi connectivity index (χ0v) is 17.5.